The Morgan fingerprint density at radius 1 is 1.43 bits per heavy atom. The van der Waals surface area contributed by atoms with E-state index in [1.807, 2.05) is 13.0 Å². The highest BCUT2D eigenvalue weighted by Gasteiger charge is 2.24. The molecule has 0 saturated carbocycles. The van der Waals surface area contributed by atoms with Gasteiger partial charge in [-0.2, -0.15) is 0 Å². The average Bonchev–Trinajstić information content (AvgIpc) is 2.45. The van der Waals surface area contributed by atoms with Gasteiger partial charge in [0.2, 0.25) is 5.91 Å². The van der Waals surface area contributed by atoms with E-state index >= 15 is 0 Å². The molecule has 1 aromatic heterocycles. The summed E-state index contributed by atoms with van der Waals surface area (Å²) in [6, 6.07) is 1.90. The maximum atomic E-state index is 11.2. The van der Waals surface area contributed by atoms with Crippen LogP contribution in [0.15, 0.2) is 18.3 Å². The number of rotatable bonds is 4. The number of carboxylic acid groups (broad SMARTS) is 1. The first-order chi connectivity index (χ1) is 9.97. The molecule has 1 aliphatic heterocycles. The van der Waals surface area contributed by atoms with Crippen LogP contribution < -0.4 is 10.6 Å². The van der Waals surface area contributed by atoms with Crippen LogP contribution in [-0.4, -0.2) is 35.1 Å². The number of carboxylic acids is 1. The monoisotopic (exact) mass is 289 g/mol. The van der Waals surface area contributed by atoms with Gasteiger partial charge >= 0.3 is 5.97 Å². The molecule has 2 heterocycles. The van der Waals surface area contributed by atoms with E-state index in [0.29, 0.717) is 0 Å². The molecule has 0 spiro atoms. The van der Waals surface area contributed by atoms with E-state index in [4.69, 9.17) is 10.8 Å². The Labute approximate surface area is 123 Å². The molecule has 0 radical (unpaired) electrons. The van der Waals surface area contributed by atoms with Crippen LogP contribution in [0.25, 0.3) is 6.08 Å². The van der Waals surface area contributed by atoms with Crippen molar-refractivity contribution < 1.29 is 14.7 Å². The van der Waals surface area contributed by atoms with Crippen LogP contribution in [0.3, 0.4) is 0 Å². The van der Waals surface area contributed by atoms with Crippen LogP contribution in [-0.2, 0) is 9.59 Å². The number of carbonyl (C=O) groups is 2. The summed E-state index contributed by atoms with van der Waals surface area (Å²) in [4.78, 5) is 28.2. The Kier molecular flexibility index (Phi) is 4.57. The Bertz CT molecular complexity index is 576. The lowest BCUT2D eigenvalue weighted by atomic mass is 9.96. The lowest BCUT2D eigenvalue weighted by Crippen LogP contribution is -2.39. The highest BCUT2D eigenvalue weighted by molar-refractivity contribution is 5.85. The molecule has 1 aliphatic rings. The minimum absolute atomic E-state index is 0.0423. The van der Waals surface area contributed by atoms with E-state index in [1.54, 1.807) is 6.20 Å². The molecule has 0 bridgehead atoms. The highest BCUT2D eigenvalue weighted by Crippen LogP contribution is 2.24. The van der Waals surface area contributed by atoms with Crippen molar-refractivity contribution in [1.29, 1.82) is 0 Å². The molecular weight excluding hydrogens is 270 g/mol. The average molecular weight is 289 g/mol. The molecule has 1 fully saturated rings. The van der Waals surface area contributed by atoms with E-state index < -0.39 is 5.97 Å². The van der Waals surface area contributed by atoms with Crippen LogP contribution in [0, 0.1) is 12.8 Å². The number of anilines is 1. The van der Waals surface area contributed by atoms with E-state index in [2.05, 4.69) is 9.88 Å². The van der Waals surface area contributed by atoms with Crippen molar-refractivity contribution in [2.24, 2.45) is 11.7 Å². The van der Waals surface area contributed by atoms with Crippen LogP contribution in [0.2, 0.25) is 0 Å². The number of aromatic nitrogens is 1. The van der Waals surface area contributed by atoms with E-state index in [0.717, 1.165) is 49.0 Å². The van der Waals surface area contributed by atoms with Crippen molar-refractivity contribution >= 4 is 23.8 Å². The first-order valence-corrected chi connectivity index (χ1v) is 6.89. The largest absolute Gasteiger partial charge is 0.478 e. The Hall–Kier alpha value is -2.37. The van der Waals surface area contributed by atoms with Crippen molar-refractivity contribution in [2.75, 3.05) is 18.0 Å². The summed E-state index contributed by atoms with van der Waals surface area (Å²) < 4.78 is 0. The molecule has 0 aromatic carbocycles. The summed E-state index contributed by atoms with van der Waals surface area (Å²) in [6.45, 7) is 3.46. The number of nitrogens with two attached hydrogens (primary N) is 1. The van der Waals surface area contributed by atoms with Gasteiger partial charge < -0.3 is 15.7 Å². The van der Waals surface area contributed by atoms with Gasteiger partial charge in [-0.05, 0) is 43.0 Å². The van der Waals surface area contributed by atoms with Gasteiger partial charge in [-0.25, -0.2) is 9.78 Å². The molecule has 0 aliphatic carbocycles. The van der Waals surface area contributed by atoms with Crippen LogP contribution in [0.5, 0.6) is 0 Å². The molecule has 3 N–H and O–H groups in total. The highest BCUT2D eigenvalue weighted by atomic mass is 16.4. The second kappa shape index (κ2) is 6.39. The van der Waals surface area contributed by atoms with Crippen molar-refractivity contribution in [3.8, 4) is 0 Å². The number of aryl methyl sites for hydroxylation is 1. The Balaban J connectivity index is 2.08. The number of amides is 1. The zero-order valence-corrected chi connectivity index (χ0v) is 12.0. The molecule has 0 atom stereocenters. The quantitative estimate of drug-likeness (QED) is 0.812. The fourth-order valence-electron chi connectivity index (χ4n) is 2.55. The molecule has 6 nitrogen and oxygen atoms in total. The fourth-order valence-corrected chi connectivity index (χ4v) is 2.55. The number of piperidine rings is 1. The lowest BCUT2D eigenvalue weighted by molar-refractivity contribution is -0.131. The van der Waals surface area contributed by atoms with Crippen molar-refractivity contribution in [3.63, 3.8) is 0 Å². The summed E-state index contributed by atoms with van der Waals surface area (Å²) in [6.07, 6.45) is 5.76. The van der Waals surface area contributed by atoms with E-state index in [-0.39, 0.29) is 11.8 Å². The first-order valence-electron chi connectivity index (χ1n) is 6.89. The SMILES string of the molecule is Cc1cc(/C=C/C(=O)O)cnc1N1CCC(C(N)=O)CC1. The van der Waals surface area contributed by atoms with Gasteiger partial charge in [-0.1, -0.05) is 0 Å². The third-order valence-electron chi connectivity index (χ3n) is 3.69. The number of pyridine rings is 1. The summed E-state index contributed by atoms with van der Waals surface area (Å²) >= 11 is 0. The number of hydrogen-bond acceptors (Lipinski definition) is 4. The number of hydrogen-bond donors (Lipinski definition) is 2. The number of aliphatic carboxylic acids is 1. The predicted molar refractivity (Wildman–Crippen MR) is 79.8 cm³/mol. The predicted octanol–water partition coefficient (Wildman–Crippen LogP) is 1.19. The van der Waals surface area contributed by atoms with Gasteiger partial charge in [0.05, 0.1) is 0 Å². The molecule has 112 valence electrons. The fraction of sp³-hybridized carbons (Fsp3) is 0.400. The summed E-state index contributed by atoms with van der Waals surface area (Å²) in [7, 11) is 0. The standard InChI is InChI=1S/C15H19N3O3/c1-10-8-11(2-3-13(19)20)9-17-15(10)18-6-4-12(5-7-18)14(16)21/h2-3,8-9,12H,4-7H2,1H3,(H2,16,21)(H,19,20)/b3-2+. The topological polar surface area (TPSA) is 96.5 Å². The minimum atomic E-state index is -0.981. The van der Waals surface area contributed by atoms with Gasteiger partial charge in [0.15, 0.2) is 0 Å². The molecule has 0 unspecified atom stereocenters. The van der Waals surface area contributed by atoms with E-state index in [9.17, 15) is 9.59 Å². The molecule has 1 aromatic rings. The smallest absolute Gasteiger partial charge is 0.328 e. The Morgan fingerprint density at radius 3 is 2.62 bits per heavy atom. The minimum Gasteiger partial charge on any atom is -0.478 e. The number of carbonyl (C=O) groups excluding carboxylic acids is 1. The summed E-state index contributed by atoms with van der Waals surface area (Å²) in [5, 5.41) is 8.62. The molecule has 1 amide bonds. The van der Waals surface area contributed by atoms with E-state index in [1.165, 1.54) is 6.08 Å². The number of nitrogens with zero attached hydrogens (tertiary/aromatic N) is 2. The third kappa shape index (κ3) is 3.81. The van der Waals surface area contributed by atoms with Crippen LogP contribution in [0.1, 0.15) is 24.0 Å². The van der Waals surface area contributed by atoms with Crippen molar-refractivity contribution in [2.45, 2.75) is 19.8 Å². The zero-order valence-electron chi connectivity index (χ0n) is 12.0. The van der Waals surface area contributed by atoms with Gasteiger partial charge in [-0.15, -0.1) is 0 Å². The van der Waals surface area contributed by atoms with Gasteiger partial charge in [0.1, 0.15) is 5.82 Å². The molecule has 1 saturated heterocycles. The van der Waals surface area contributed by atoms with Crippen LogP contribution >= 0.6 is 0 Å². The lowest BCUT2D eigenvalue weighted by Gasteiger charge is -2.32. The second-order valence-electron chi connectivity index (χ2n) is 5.24. The maximum absolute atomic E-state index is 11.2. The normalized spacial score (nSPS) is 16.3. The molecule has 6 heteroatoms. The summed E-state index contributed by atoms with van der Waals surface area (Å²) in [5.74, 6) is -0.372. The zero-order chi connectivity index (χ0) is 15.4. The van der Waals surface area contributed by atoms with Crippen LogP contribution in [0.4, 0.5) is 5.82 Å². The van der Waals surface area contributed by atoms with Gasteiger partial charge in [0.25, 0.3) is 0 Å². The van der Waals surface area contributed by atoms with Crippen molar-refractivity contribution in [1.82, 2.24) is 4.98 Å². The maximum Gasteiger partial charge on any atom is 0.328 e. The second-order valence-corrected chi connectivity index (χ2v) is 5.24. The van der Waals surface area contributed by atoms with Gasteiger partial charge in [0, 0.05) is 31.3 Å². The molecule has 2 rings (SSSR count). The Morgan fingerprint density at radius 2 is 2.10 bits per heavy atom. The molecule has 21 heavy (non-hydrogen) atoms. The summed E-state index contributed by atoms with van der Waals surface area (Å²) in [5.41, 5.74) is 7.07. The third-order valence-corrected chi connectivity index (χ3v) is 3.69. The van der Waals surface area contributed by atoms with Crippen molar-refractivity contribution in [3.05, 3.63) is 29.5 Å². The molecular formula is C15H19N3O3. The first kappa shape index (κ1) is 15.0. The number of primary amides is 1. The van der Waals surface area contributed by atoms with Gasteiger partial charge in [-0.3, -0.25) is 4.79 Å².